The van der Waals surface area contributed by atoms with E-state index in [4.69, 9.17) is 16.3 Å². The molecule has 1 N–H and O–H groups in total. The zero-order chi connectivity index (χ0) is 9.42. The number of nitrogens with one attached hydrogen (secondary N) is 1. The van der Waals surface area contributed by atoms with E-state index in [0.717, 1.165) is 5.69 Å². The smallest absolute Gasteiger partial charge is 0.164 e. The summed E-state index contributed by atoms with van der Waals surface area (Å²) in [5, 5.41) is 3.20. The van der Waals surface area contributed by atoms with Gasteiger partial charge in [0.25, 0.3) is 0 Å². The van der Waals surface area contributed by atoms with Crippen LogP contribution in [0.4, 0.5) is 10.1 Å². The first-order valence-corrected chi connectivity index (χ1v) is 4.43. The van der Waals surface area contributed by atoms with Crippen molar-refractivity contribution in [2.75, 3.05) is 11.9 Å². The number of hydrogen-bond acceptors (Lipinski definition) is 2. The molecule has 2 rings (SSSR count). The second-order valence-electron chi connectivity index (χ2n) is 3.09. The Morgan fingerprint density at radius 3 is 3.15 bits per heavy atom. The molecular formula is C9H9ClFNO. The van der Waals surface area contributed by atoms with Crippen molar-refractivity contribution in [1.82, 2.24) is 0 Å². The molecule has 70 valence electrons. The lowest BCUT2D eigenvalue weighted by Gasteiger charge is -2.25. The highest BCUT2D eigenvalue weighted by molar-refractivity contribution is 6.32. The molecular weight excluding hydrogens is 193 g/mol. The molecule has 1 aliphatic rings. The molecule has 1 heterocycles. The molecule has 2 nitrogen and oxygen atoms in total. The lowest BCUT2D eigenvalue weighted by molar-refractivity contribution is 0.290. The summed E-state index contributed by atoms with van der Waals surface area (Å²) in [5.41, 5.74) is 0.755. The molecule has 13 heavy (non-hydrogen) atoms. The molecule has 1 aliphatic heterocycles. The highest BCUT2D eigenvalue weighted by Crippen LogP contribution is 2.37. The number of anilines is 1. The number of halogens is 2. The van der Waals surface area contributed by atoms with E-state index in [1.54, 1.807) is 6.07 Å². The SMILES string of the molecule is CC1COc2c(ccc(F)c2Cl)N1. The Morgan fingerprint density at radius 1 is 1.62 bits per heavy atom. The third kappa shape index (κ3) is 1.44. The summed E-state index contributed by atoms with van der Waals surface area (Å²) in [6, 6.07) is 3.19. The third-order valence-electron chi connectivity index (χ3n) is 1.93. The standard InChI is InChI=1S/C9H9ClFNO/c1-5-4-13-9-7(12-5)3-2-6(11)8(9)10/h2-3,5,12H,4H2,1H3. The summed E-state index contributed by atoms with van der Waals surface area (Å²) in [5.74, 6) is -0.0310. The molecule has 1 unspecified atom stereocenters. The zero-order valence-electron chi connectivity index (χ0n) is 7.10. The molecule has 1 aromatic carbocycles. The maximum Gasteiger partial charge on any atom is 0.164 e. The van der Waals surface area contributed by atoms with Crippen molar-refractivity contribution in [2.24, 2.45) is 0 Å². The predicted octanol–water partition coefficient (Wildman–Crippen LogP) is 2.67. The first kappa shape index (κ1) is 8.63. The fraction of sp³-hybridized carbons (Fsp3) is 0.333. The van der Waals surface area contributed by atoms with E-state index in [1.165, 1.54) is 6.07 Å². The van der Waals surface area contributed by atoms with Gasteiger partial charge in [0.1, 0.15) is 17.4 Å². The largest absolute Gasteiger partial charge is 0.488 e. The van der Waals surface area contributed by atoms with Gasteiger partial charge in [-0.2, -0.15) is 0 Å². The van der Waals surface area contributed by atoms with Gasteiger partial charge in [-0.05, 0) is 19.1 Å². The summed E-state index contributed by atoms with van der Waals surface area (Å²) >= 11 is 5.72. The Bertz CT molecular complexity index is 343. The normalized spacial score (nSPS) is 20.1. The number of benzene rings is 1. The van der Waals surface area contributed by atoms with Gasteiger partial charge in [-0.1, -0.05) is 11.6 Å². The summed E-state index contributed by atoms with van der Waals surface area (Å²) in [6.45, 7) is 2.50. The molecule has 0 saturated carbocycles. The number of ether oxygens (including phenoxy) is 1. The average Bonchev–Trinajstić information content (AvgIpc) is 2.12. The van der Waals surface area contributed by atoms with E-state index in [1.807, 2.05) is 6.92 Å². The molecule has 0 fully saturated rings. The Hall–Kier alpha value is -0.960. The van der Waals surface area contributed by atoms with Gasteiger partial charge in [0.2, 0.25) is 0 Å². The molecule has 0 spiro atoms. The molecule has 1 aromatic rings. The van der Waals surface area contributed by atoms with E-state index in [9.17, 15) is 4.39 Å². The van der Waals surface area contributed by atoms with Crippen molar-refractivity contribution in [3.63, 3.8) is 0 Å². The van der Waals surface area contributed by atoms with E-state index in [-0.39, 0.29) is 11.1 Å². The summed E-state index contributed by atoms with van der Waals surface area (Å²) in [4.78, 5) is 0. The van der Waals surface area contributed by atoms with Crippen molar-refractivity contribution in [3.8, 4) is 5.75 Å². The maximum atomic E-state index is 13.0. The number of rotatable bonds is 0. The van der Waals surface area contributed by atoms with Gasteiger partial charge in [-0.3, -0.25) is 0 Å². The van der Waals surface area contributed by atoms with Gasteiger partial charge < -0.3 is 10.1 Å². The molecule has 1 atom stereocenters. The van der Waals surface area contributed by atoms with Crippen LogP contribution in [0.2, 0.25) is 5.02 Å². The van der Waals surface area contributed by atoms with Crippen LogP contribution in [0.5, 0.6) is 5.75 Å². The second kappa shape index (κ2) is 3.07. The van der Waals surface area contributed by atoms with Crippen LogP contribution in [-0.2, 0) is 0 Å². The van der Waals surface area contributed by atoms with Gasteiger partial charge in [0, 0.05) is 0 Å². The number of fused-ring (bicyclic) bond motifs is 1. The summed E-state index contributed by atoms with van der Waals surface area (Å²) < 4.78 is 18.3. The summed E-state index contributed by atoms with van der Waals surface area (Å²) in [7, 11) is 0. The van der Waals surface area contributed by atoms with Crippen molar-refractivity contribution in [2.45, 2.75) is 13.0 Å². The van der Waals surface area contributed by atoms with Crippen LogP contribution in [0.1, 0.15) is 6.92 Å². The monoisotopic (exact) mass is 201 g/mol. The maximum absolute atomic E-state index is 13.0. The molecule has 0 saturated heterocycles. The van der Waals surface area contributed by atoms with Gasteiger partial charge in [-0.25, -0.2) is 4.39 Å². The molecule has 4 heteroatoms. The van der Waals surface area contributed by atoms with E-state index >= 15 is 0 Å². The average molecular weight is 202 g/mol. The topological polar surface area (TPSA) is 21.3 Å². The lowest BCUT2D eigenvalue weighted by Crippen LogP contribution is -2.28. The summed E-state index contributed by atoms with van der Waals surface area (Å²) in [6.07, 6.45) is 0. The molecule has 0 radical (unpaired) electrons. The minimum atomic E-state index is -0.447. The van der Waals surface area contributed by atoms with Crippen LogP contribution in [0.3, 0.4) is 0 Å². The lowest BCUT2D eigenvalue weighted by atomic mass is 10.2. The zero-order valence-corrected chi connectivity index (χ0v) is 7.86. The molecule has 0 aromatic heterocycles. The quantitative estimate of drug-likeness (QED) is 0.697. The van der Waals surface area contributed by atoms with Crippen LogP contribution in [-0.4, -0.2) is 12.6 Å². The molecule has 0 aliphatic carbocycles. The Kier molecular flexibility index (Phi) is 2.04. The Labute approximate surface area is 80.7 Å². The van der Waals surface area contributed by atoms with Gasteiger partial charge in [0.15, 0.2) is 5.75 Å². The second-order valence-corrected chi connectivity index (χ2v) is 3.47. The fourth-order valence-corrected chi connectivity index (χ4v) is 1.52. The van der Waals surface area contributed by atoms with Crippen LogP contribution in [0, 0.1) is 5.82 Å². The van der Waals surface area contributed by atoms with Crippen molar-refractivity contribution in [1.29, 1.82) is 0 Å². The Balaban J connectivity index is 2.47. The minimum Gasteiger partial charge on any atom is -0.488 e. The van der Waals surface area contributed by atoms with Crippen LogP contribution in [0.15, 0.2) is 12.1 Å². The highest BCUT2D eigenvalue weighted by Gasteiger charge is 2.19. The van der Waals surface area contributed by atoms with Crippen molar-refractivity contribution < 1.29 is 9.13 Å². The fourth-order valence-electron chi connectivity index (χ4n) is 1.30. The van der Waals surface area contributed by atoms with E-state index < -0.39 is 5.82 Å². The third-order valence-corrected chi connectivity index (χ3v) is 2.28. The van der Waals surface area contributed by atoms with Crippen LogP contribution < -0.4 is 10.1 Å². The number of hydrogen-bond donors (Lipinski definition) is 1. The van der Waals surface area contributed by atoms with Gasteiger partial charge in [0.05, 0.1) is 11.7 Å². The van der Waals surface area contributed by atoms with E-state index in [0.29, 0.717) is 12.4 Å². The molecule has 0 amide bonds. The van der Waals surface area contributed by atoms with Crippen LogP contribution >= 0.6 is 11.6 Å². The first-order chi connectivity index (χ1) is 6.18. The van der Waals surface area contributed by atoms with Gasteiger partial charge in [-0.15, -0.1) is 0 Å². The van der Waals surface area contributed by atoms with Crippen molar-refractivity contribution >= 4 is 17.3 Å². The highest BCUT2D eigenvalue weighted by atomic mass is 35.5. The van der Waals surface area contributed by atoms with Crippen molar-refractivity contribution in [3.05, 3.63) is 23.0 Å². The first-order valence-electron chi connectivity index (χ1n) is 4.06. The van der Waals surface area contributed by atoms with Gasteiger partial charge >= 0.3 is 0 Å². The Morgan fingerprint density at radius 2 is 2.38 bits per heavy atom. The minimum absolute atomic E-state index is 0.0527. The molecule has 0 bridgehead atoms. The van der Waals surface area contributed by atoms with E-state index in [2.05, 4.69) is 5.32 Å². The van der Waals surface area contributed by atoms with Crippen LogP contribution in [0.25, 0.3) is 0 Å². The predicted molar refractivity (Wildman–Crippen MR) is 50.0 cm³/mol.